The number of hydrogen-bond donors (Lipinski definition) is 1. The van der Waals surface area contributed by atoms with Crippen LogP contribution < -0.4 is 0 Å². The van der Waals surface area contributed by atoms with Gasteiger partial charge in [0.2, 0.25) is 0 Å². The summed E-state index contributed by atoms with van der Waals surface area (Å²) in [7, 11) is 5.81. The largest absolute Gasteiger partial charge is 0.507 e. The van der Waals surface area contributed by atoms with E-state index < -0.39 is 0 Å². The number of carbonyl (C=O) groups is 1. The second-order valence-corrected chi connectivity index (χ2v) is 5.71. The zero-order chi connectivity index (χ0) is 13.7. The van der Waals surface area contributed by atoms with E-state index in [1.807, 2.05) is 36.7 Å². The molecule has 0 unspecified atom stereocenters. The molecule has 0 aliphatic rings. The highest BCUT2D eigenvalue weighted by Crippen LogP contribution is 2.21. The van der Waals surface area contributed by atoms with Crippen molar-refractivity contribution in [3.8, 4) is 5.75 Å². The van der Waals surface area contributed by atoms with Crippen molar-refractivity contribution in [2.75, 3.05) is 34.2 Å². The minimum atomic E-state index is -0.0551. The van der Waals surface area contributed by atoms with E-state index in [4.69, 9.17) is 0 Å². The fraction of sp³-hybridized carbons (Fsp3) is 0.462. The maximum atomic E-state index is 12.1. The average Bonchev–Trinajstić information content (AvgIpc) is 2.31. The van der Waals surface area contributed by atoms with Gasteiger partial charge in [0, 0.05) is 19.2 Å². The van der Waals surface area contributed by atoms with Gasteiger partial charge in [0.15, 0.2) is 0 Å². The fourth-order valence-corrected chi connectivity index (χ4v) is 1.93. The van der Waals surface area contributed by atoms with Crippen LogP contribution in [-0.4, -0.2) is 55.0 Å². The number of aromatic hydroxyl groups is 1. The van der Waals surface area contributed by atoms with E-state index in [1.165, 1.54) is 6.07 Å². The smallest absolute Gasteiger partial charge is 0.253 e. The molecule has 0 radical (unpaired) electrons. The molecule has 1 amide bonds. The van der Waals surface area contributed by atoms with Gasteiger partial charge < -0.3 is 14.9 Å². The number of halogens is 1. The van der Waals surface area contributed by atoms with Crippen LogP contribution in [0.5, 0.6) is 5.75 Å². The van der Waals surface area contributed by atoms with E-state index in [2.05, 4.69) is 4.90 Å². The summed E-state index contributed by atoms with van der Waals surface area (Å²) in [6.45, 7) is 1.67. The van der Waals surface area contributed by atoms with Crippen LogP contribution in [0.25, 0.3) is 0 Å². The summed E-state index contributed by atoms with van der Waals surface area (Å²) >= 11 is 2.03. The minimum absolute atomic E-state index is 0.0551. The molecule has 0 saturated heterocycles. The lowest BCUT2D eigenvalue weighted by molar-refractivity contribution is 0.0790. The van der Waals surface area contributed by atoms with Crippen LogP contribution in [0.2, 0.25) is 0 Å². The Morgan fingerprint density at radius 1 is 1.28 bits per heavy atom. The number of phenolic OH excluding ortho intramolecular Hbond substituents is 1. The molecule has 1 rings (SSSR count). The summed E-state index contributed by atoms with van der Waals surface area (Å²) < 4.78 is 0.749. The van der Waals surface area contributed by atoms with Crippen molar-refractivity contribution in [3.63, 3.8) is 0 Å². The lowest BCUT2D eigenvalue weighted by Crippen LogP contribution is -2.29. The number of phenols is 1. The fourth-order valence-electron chi connectivity index (χ4n) is 1.59. The molecule has 0 fully saturated rings. The number of benzene rings is 1. The Balaban J connectivity index is 2.60. The van der Waals surface area contributed by atoms with Gasteiger partial charge in [-0.2, -0.15) is 0 Å². The zero-order valence-electron chi connectivity index (χ0n) is 11.0. The van der Waals surface area contributed by atoms with Crippen molar-refractivity contribution in [2.45, 2.75) is 6.42 Å². The van der Waals surface area contributed by atoms with E-state index in [0.717, 1.165) is 16.5 Å². The Bertz CT molecular complexity index is 421. The molecule has 0 atom stereocenters. The van der Waals surface area contributed by atoms with Crippen molar-refractivity contribution < 1.29 is 9.90 Å². The van der Waals surface area contributed by atoms with E-state index in [1.54, 1.807) is 24.1 Å². The third-order valence-corrected chi connectivity index (χ3v) is 3.55. The Morgan fingerprint density at radius 2 is 1.94 bits per heavy atom. The molecule has 0 spiro atoms. The van der Waals surface area contributed by atoms with Gasteiger partial charge in [0.25, 0.3) is 5.91 Å². The lowest BCUT2D eigenvalue weighted by Gasteiger charge is -2.18. The van der Waals surface area contributed by atoms with Gasteiger partial charge in [0.1, 0.15) is 5.75 Å². The first-order valence-corrected chi connectivity index (χ1v) is 6.88. The standard InChI is InChI=1S/C13H19IN2O2/c1-15(2)7-4-8-16(3)13(18)10-5-6-11(14)12(17)9-10/h5-6,9,17H,4,7-8H2,1-3H3. The first-order chi connectivity index (χ1) is 8.41. The monoisotopic (exact) mass is 362 g/mol. The molecule has 0 aliphatic heterocycles. The molecular formula is C13H19IN2O2. The topological polar surface area (TPSA) is 43.8 Å². The molecule has 1 N–H and O–H groups in total. The van der Waals surface area contributed by atoms with E-state index in [9.17, 15) is 9.90 Å². The van der Waals surface area contributed by atoms with Crippen molar-refractivity contribution in [2.24, 2.45) is 0 Å². The second-order valence-electron chi connectivity index (χ2n) is 4.55. The molecule has 1 aromatic rings. The third kappa shape index (κ3) is 4.45. The molecular weight excluding hydrogens is 343 g/mol. The summed E-state index contributed by atoms with van der Waals surface area (Å²) in [5.41, 5.74) is 0.528. The summed E-state index contributed by atoms with van der Waals surface area (Å²) in [5, 5.41) is 9.59. The van der Waals surface area contributed by atoms with Gasteiger partial charge in [-0.05, 0) is 67.9 Å². The maximum absolute atomic E-state index is 12.1. The number of nitrogens with zero attached hydrogens (tertiary/aromatic N) is 2. The van der Waals surface area contributed by atoms with Crippen molar-refractivity contribution in [3.05, 3.63) is 27.3 Å². The van der Waals surface area contributed by atoms with Crippen LogP contribution >= 0.6 is 22.6 Å². The quantitative estimate of drug-likeness (QED) is 0.816. The molecule has 5 heteroatoms. The number of hydrogen-bond acceptors (Lipinski definition) is 3. The Kier molecular flexibility index (Phi) is 5.87. The summed E-state index contributed by atoms with van der Waals surface area (Å²) in [6.07, 6.45) is 0.936. The van der Waals surface area contributed by atoms with Gasteiger partial charge in [-0.25, -0.2) is 0 Å². The first kappa shape index (κ1) is 15.2. The van der Waals surface area contributed by atoms with Crippen LogP contribution in [0.4, 0.5) is 0 Å². The molecule has 0 aromatic heterocycles. The van der Waals surface area contributed by atoms with Gasteiger partial charge in [-0.1, -0.05) is 0 Å². The molecule has 0 heterocycles. The van der Waals surface area contributed by atoms with Crippen LogP contribution in [0, 0.1) is 3.57 Å². The highest BCUT2D eigenvalue weighted by atomic mass is 127. The average molecular weight is 362 g/mol. The third-order valence-electron chi connectivity index (χ3n) is 2.64. The zero-order valence-corrected chi connectivity index (χ0v) is 13.1. The van der Waals surface area contributed by atoms with E-state index in [-0.39, 0.29) is 11.7 Å². The van der Waals surface area contributed by atoms with Crippen LogP contribution in [0.3, 0.4) is 0 Å². The number of amides is 1. The van der Waals surface area contributed by atoms with Crippen LogP contribution in [0.1, 0.15) is 16.8 Å². The van der Waals surface area contributed by atoms with Crippen molar-refractivity contribution in [1.82, 2.24) is 9.80 Å². The van der Waals surface area contributed by atoms with Crippen LogP contribution in [0.15, 0.2) is 18.2 Å². The first-order valence-electron chi connectivity index (χ1n) is 5.80. The van der Waals surface area contributed by atoms with Crippen molar-refractivity contribution in [1.29, 1.82) is 0 Å². The number of rotatable bonds is 5. The Morgan fingerprint density at radius 3 is 2.50 bits per heavy atom. The van der Waals surface area contributed by atoms with E-state index in [0.29, 0.717) is 12.1 Å². The van der Waals surface area contributed by atoms with Gasteiger partial charge in [-0.15, -0.1) is 0 Å². The predicted molar refractivity (Wildman–Crippen MR) is 81.0 cm³/mol. The SMILES string of the molecule is CN(C)CCCN(C)C(=O)c1ccc(I)c(O)c1. The molecule has 18 heavy (non-hydrogen) atoms. The molecule has 1 aromatic carbocycles. The van der Waals surface area contributed by atoms with Gasteiger partial charge in [-0.3, -0.25) is 4.79 Å². The lowest BCUT2D eigenvalue weighted by atomic mass is 10.2. The molecule has 4 nitrogen and oxygen atoms in total. The van der Waals surface area contributed by atoms with E-state index >= 15 is 0 Å². The highest BCUT2D eigenvalue weighted by Gasteiger charge is 2.12. The normalized spacial score (nSPS) is 10.7. The summed E-state index contributed by atoms with van der Waals surface area (Å²) in [6, 6.07) is 5.01. The molecule has 0 bridgehead atoms. The van der Waals surface area contributed by atoms with Crippen LogP contribution in [-0.2, 0) is 0 Å². The Labute approximate surface area is 122 Å². The van der Waals surface area contributed by atoms with Gasteiger partial charge in [0.05, 0.1) is 3.57 Å². The number of carbonyl (C=O) groups excluding carboxylic acids is 1. The molecule has 0 aliphatic carbocycles. The minimum Gasteiger partial charge on any atom is -0.507 e. The Hall–Kier alpha value is -0.820. The summed E-state index contributed by atoms with van der Waals surface area (Å²) in [5.74, 6) is 0.101. The van der Waals surface area contributed by atoms with Gasteiger partial charge >= 0.3 is 0 Å². The maximum Gasteiger partial charge on any atom is 0.253 e. The van der Waals surface area contributed by atoms with Crippen molar-refractivity contribution >= 4 is 28.5 Å². The highest BCUT2D eigenvalue weighted by molar-refractivity contribution is 14.1. The molecule has 100 valence electrons. The second kappa shape index (κ2) is 6.94. The summed E-state index contributed by atoms with van der Waals surface area (Å²) in [4.78, 5) is 15.9. The molecule has 0 saturated carbocycles. The predicted octanol–water partition coefficient (Wildman–Crippen LogP) is 2.02.